The third-order valence-electron chi connectivity index (χ3n) is 3.99. The fourth-order valence-electron chi connectivity index (χ4n) is 2.39. The predicted molar refractivity (Wildman–Crippen MR) is 102 cm³/mol. The van der Waals surface area contributed by atoms with E-state index in [4.69, 9.17) is 21.1 Å². The van der Waals surface area contributed by atoms with Crippen molar-refractivity contribution >= 4 is 29.2 Å². The molecule has 0 aliphatic heterocycles. The van der Waals surface area contributed by atoms with E-state index in [1.807, 2.05) is 20.8 Å². The highest BCUT2D eigenvalue weighted by Crippen LogP contribution is 2.23. The SMILES string of the molecule is CC[C@H](Oc1ccc(Cl)c(C)c1)C(=O)Nc1cc(C(=O)OC)ccc1C. The molecule has 0 radical (unpaired) electrons. The molecular formula is C20H22ClNO4. The zero-order valence-corrected chi connectivity index (χ0v) is 16.0. The summed E-state index contributed by atoms with van der Waals surface area (Å²) in [6.07, 6.45) is -0.180. The minimum atomic E-state index is -0.670. The highest BCUT2D eigenvalue weighted by Gasteiger charge is 2.20. The second kappa shape index (κ2) is 8.72. The van der Waals surface area contributed by atoms with Crippen molar-refractivity contribution < 1.29 is 19.1 Å². The van der Waals surface area contributed by atoms with Crippen molar-refractivity contribution in [2.45, 2.75) is 33.3 Å². The fraction of sp³-hybridized carbons (Fsp3) is 0.300. The summed E-state index contributed by atoms with van der Waals surface area (Å²) in [5.41, 5.74) is 2.63. The number of benzene rings is 2. The van der Waals surface area contributed by atoms with Gasteiger partial charge in [0, 0.05) is 10.7 Å². The topological polar surface area (TPSA) is 64.6 Å². The standard InChI is InChI=1S/C20H22ClNO4/c1-5-18(26-15-8-9-16(21)13(3)10-15)19(23)22-17-11-14(20(24)25-4)7-6-12(17)2/h6-11,18H,5H2,1-4H3,(H,22,23)/t18-/m0/s1. The maximum Gasteiger partial charge on any atom is 0.337 e. The lowest BCUT2D eigenvalue weighted by molar-refractivity contribution is -0.122. The molecule has 6 heteroatoms. The molecule has 0 saturated heterocycles. The number of hydrogen-bond donors (Lipinski definition) is 1. The Morgan fingerprint density at radius 3 is 2.46 bits per heavy atom. The van der Waals surface area contributed by atoms with E-state index in [2.05, 4.69) is 5.32 Å². The van der Waals surface area contributed by atoms with Gasteiger partial charge < -0.3 is 14.8 Å². The summed E-state index contributed by atoms with van der Waals surface area (Å²) in [6, 6.07) is 10.3. The Labute approximate surface area is 158 Å². The second-order valence-corrected chi connectivity index (χ2v) is 6.34. The first kappa shape index (κ1) is 19.8. The number of amides is 1. The van der Waals surface area contributed by atoms with Crippen LogP contribution in [0.25, 0.3) is 0 Å². The van der Waals surface area contributed by atoms with Crippen LogP contribution in [0.5, 0.6) is 5.75 Å². The quantitative estimate of drug-likeness (QED) is 0.753. The molecule has 0 aliphatic rings. The highest BCUT2D eigenvalue weighted by molar-refractivity contribution is 6.31. The Balaban J connectivity index is 2.16. The van der Waals surface area contributed by atoms with E-state index >= 15 is 0 Å². The van der Waals surface area contributed by atoms with Crippen LogP contribution in [0, 0.1) is 13.8 Å². The molecule has 0 unspecified atom stereocenters. The molecule has 2 aromatic carbocycles. The number of nitrogens with one attached hydrogen (secondary N) is 1. The van der Waals surface area contributed by atoms with E-state index in [9.17, 15) is 9.59 Å². The van der Waals surface area contributed by atoms with Crippen LogP contribution in [-0.4, -0.2) is 25.1 Å². The number of carbonyl (C=O) groups is 2. The molecule has 1 atom stereocenters. The van der Waals surface area contributed by atoms with Crippen LogP contribution in [-0.2, 0) is 9.53 Å². The van der Waals surface area contributed by atoms with Gasteiger partial charge in [0.05, 0.1) is 12.7 Å². The molecule has 0 saturated carbocycles. The maximum absolute atomic E-state index is 12.6. The van der Waals surface area contributed by atoms with Gasteiger partial charge in [-0.25, -0.2) is 4.79 Å². The van der Waals surface area contributed by atoms with Crippen LogP contribution in [0.15, 0.2) is 36.4 Å². The van der Waals surface area contributed by atoms with Crippen LogP contribution in [0.1, 0.15) is 34.8 Å². The van der Waals surface area contributed by atoms with Gasteiger partial charge in [0.15, 0.2) is 6.10 Å². The molecular weight excluding hydrogens is 354 g/mol. The normalized spacial score (nSPS) is 11.6. The Kier molecular flexibility index (Phi) is 6.64. The predicted octanol–water partition coefficient (Wildman–Crippen LogP) is 4.54. The van der Waals surface area contributed by atoms with Gasteiger partial charge in [0.1, 0.15) is 5.75 Å². The second-order valence-electron chi connectivity index (χ2n) is 5.94. The van der Waals surface area contributed by atoms with Gasteiger partial charge in [-0.05, 0) is 61.7 Å². The minimum Gasteiger partial charge on any atom is -0.481 e. The summed E-state index contributed by atoms with van der Waals surface area (Å²) in [4.78, 5) is 24.3. The fourth-order valence-corrected chi connectivity index (χ4v) is 2.51. The van der Waals surface area contributed by atoms with E-state index in [0.717, 1.165) is 11.1 Å². The first-order chi connectivity index (χ1) is 12.3. The lowest BCUT2D eigenvalue weighted by Crippen LogP contribution is -2.32. The smallest absolute Gasteiger partial charge is 0.337 e. The summed E-state index contributed by atoms with van der Waals surface area (Å²) >= 11 is 6.02. The number of rotatable bonds is 6. The third kappa shape index (κ3) is 4.76. The number of carbonyl (C=O) groups excluding carboxylic acids is 2. The minimum absolute atomic E-state index is 0.287. The van der Waals surface area contributed by atoms with Crippen molar-refractivity contribution in [3.63, 3.8) is 0 Å². The molecule has 26 heavy (non-hydrogen) atoms. The van der Waals surface area contributed by atoms with Crippen LogP contribution >= 0.6 is 11.6 Å². The van der Waals surface area contributed by atoms with Crippen molar-refractivity contribution in [2.75, 3.05) is 12.4 Å². The molecule has 0 bridgehead atoms. The van der Waals surface area contributed by atoms with Crippen LogP contribution in [0.2, 0.25) is 5.02 Å². The molecule has 0 spiro atoms. The lowest BCUT2D eigenvalue weighted by Gasteiger charge is -2.19. The molecule has 5 nitrogen and oxygen atoms in total. The zero-order chi connectivity index (χ0) is 19.3. The van der Waals surface area contributed by atoms with Crippen LogP contribution < -0.4 is 10.1 Å². The van der Waals surface area contributed by atoms with Crippen molar-refractivity contribution in [1.29, 1.82) is 0 Å². The van der Waals surface area contributed by atoms with Crippen molar-refractivity contribution in [1.82, 2.24) is 0 Å². The first-order valence-corrected chi connectivity index (χ1v) is 8.66. The zero-order valence-electron chi connectivity index (χ0n) is 15.3. The summed E-state index contributed by atoms with van der Waals surface area (Å²) in [5.74, 6) is -0.167. The van der Waals surface area contributed by atoms with E-state index in [1.54, 1.807) is 36.4 Å². The van der Waals surface area contributed by atoms with Crippen molar-refractivity contribution in [3.05, 3.63) is 58.1 Å². The molecule has 1 N–H and O–H groups in total. The summed E-state index contributed by atoms with van der Waals surface area (Å²) < 4.78 is 10.5. The molecule has 0 fully saturated rings. The number of halogens is 1. The number of esters is 1. The summed E-state index contributed by atoms with van der Waals surface area (Å²) in [5, 5.41) is 3.47. The third-order valence-corrected chi connectivity index (χ3v) is 4.41. The van der Waals surface area contributed by atoms with E-state index in [1.165, 1.54) is 7.11 Å². The Morgan fingerprint density at radius 2 is 1.85 bits per heavy atom. The van der Waals surface area contributed by atoms with Gasteiger partial charge in [-0.1, -0.05) is 24.6 Å². The molecule has 1 amide bonds. The van der Waals surface area contributed by atoms with Crippen LogP contribution in [0.4, 0.5) is 5.69 Å². The van der Waals surface area contributed by atoms with E-state index in [-0.39, 0.29) is 5.91 Å². The molecule has 0 aromatic heterocycles. The molecule has 2 aromatic rings. The average molecular weight is 376 g/mol. The molecule has 138 valence electrons. The number of ether oxygens (including phenoxy) is 2. The number of hydrogen-bond acceptors (Lipinski definition) is 4. The van der Waals surface area contributed by atoms with Crippen molar-refractivity contribution in [3.8, 4) is 5.75 Å². The van der Waals surface area contributed by atoms with E-state index in [0.29, 0.717) is 28.4 Å². The van der Waals surface area contributed by atoms with Gasteiger partial charge in [0.25, 0.3) is 5.91 Å². The van der Waals surface area contributed by atoms with Gasteiger partial charge in [-0.2, -0.15) is 0 Å². The first-order valence-electron chi connectivity index (χ1n) is 8.28. The van der Waals surface area contributed by atoms with Gasteiger partial charge in [0.2, 0.25) is 0 Å². The highest BCUT2D eigenvalue weighted by atomic mass is 35.5. The Hall–Kier alpha value is -2.53. The Bertz CT molecular complexity index is 819. The summed E-state index contributed by atoms with van der Waals surface area (Å²) in [6.45, 7) is 5.59. The van der Waals surface area contributed by atoms with E-state index < -0.39 is 12.1 Å². The lowest BCUT2D eigenvalue weighted by atomic mass is 10.1. The molecule has 0 aliphatic carbocycles. The van der Waals surface area contributed by atoms with Crippen molar-refractivity contribution in [2.24, 2.45) is 0 Å². The Morgan fingerprint density at radius 1 is 1.12 bits per heavy atom. The number of anilines is 1. The van der Waals surface area contributed by atoms with Gasteiger partial charge in [-0.3, -0.25) is 4.79 Å². The van der Waals surface area contributed by atoms with Gasteiger partial charge in [-0.15, -0.1) is 0 Å². The van der Waals surface area contributed by atoms with Gasteiger partial charge >= 0.3 is 5.97 Å². The average Bonchev–Trinajstić information content (AvgIpc) is 2.63. The number of methoxy groups -OCH3 is 1. The summed E-state index contributed by atoms with van der Waals surface area (Å²) in [7, 11) is 1.31. The molecule has 0 heterocycles. The largest absolute Gasteiger partial charge is 0.481 e. The molecule has 2 rings (SSSR count). The maximum atomic E-state index is 12.6. The monoisotopic (exact) mass is 375 g/mol. The van der Waals surface area contributed by atoms with Crippen LogP contribution in [0.3, 0.4) is 0 Å². The number of aryl methyl sites for hydroxylation is 2.